The maximum absolute atomic E-state index is 13.3. The van der Waals surface area contributed by atoms with Gasteiger partial charge in [0, 0.05) is 17.4 Å². The number of ether oxygens (including phenoxy) is 1. The lowest BCUT2D eigenvalue weighted by atomic mass is 9.89. The number of benzene rings is 2. The predicted octanol–water partition coefficient (Wildman–Crippen LogP) is 7.35. The lowest BCUT2D eigenvalue weighted by molar-refractivity contribution is -0.119. The summed E-state index contributed by atoms with van der Waals surface area (Å²) in [5.41, 5.74) is 5.65. The second-order valence-electron chi connectivity index (χ2n) is 10.9. The van der Waals surface area contributed by atoms with Crippen molar-refractivity contribution < 1.29 is 13.9 Å². The second kappa shape index (κ2) is 11.0. The van der Waals surface area contributed by atoms with Crippen LogP contribution in [0.3, 0.4) is 0 Å². The van der Waals surface area contributed by atoms with Gasteiger partial charge < -0.3 is 14.5 Å². The van der Waals surface area contributed by atoms with Crippen LogP contribution in [0.1, 0.15) is 42.1 Å². The fraction of sp³-hybridized carbons (Fsp3) is 0.212. The molecule has 0 atom stereocenters. The summed E-state index contributed by atoms with van der Waals surface area (Å²) in [7, 11) is 0. The van der Waals surface area contributed by atoms with Crippen LogP contribution in [-0.2, 0) is 22.6 Å². The molecule has 0 aliphatic carbocycles. The number of amides is 1. The lowest BCUT2D eigenvalue weighted by Crippen LogP contribution is -2.32. The Labute approximate surface area is 251 Å². The average molecular weight is 593 g/mol. The van der Waals surface area contributed by atoms with Crippen molar-refractivity contribution in [3.05, 3.63) is 108 Å². The summed E-state index contributed by atoms with van der Waals surface area (Å²) in [4.78, 5) is 28.5. The van der Waals surface area contributed by atoms with Crippen LogP contribution in [0.2, 0.25) is 0 Å². The highest BCUT2D eigenvalue weighted by Gasteiger charge is 2.32. The molecule has 1 aliphatic rings. The van der Waals surface area contributed by atoms with Crippen molar-refractivity contribution >= 4 is 49.4 Å². The van der Waals surface area contributed by atoms with Crippen LogP contribution in [-0.4, -0.2) is 32.2 Å². The molecule has 6 aromatic rings. The molecule has 0 spiro atoms. The molecule has 0 saturated heterocycles. The number of hydrogen-bond donors (Lipinski definition) is 1. The van der Waals surface area contributed by atoms with Crippen LogP contribution in [0.5, 0.6) is 0 Å². The van der Waals surface area contributed by atoms with Crippen LogP contribution in [0, 0.1) is 0 Å². The molecule has 0 fully saturated rings. The van der Waals surface area contributed by atoms with Crippen LogP contribution >= 0.6 is 23.1 Å². The molecule has 42 heavy (non-hydrogen) atoms. The normalized spacial score (nSPS) is 14.4. The van der Waals surface area contributed by atoms with Crippen molar-refractivity contribution in [3.8, 4) is 11.5 Å². The molecule has 4 aromatic heterocycles. The number of hydrogen-bond acceptors (Lipinski definition) is 8. The molecule has 0 radical (unpaired) electrons. The minimum Gasteiger partial charge on any atom is -0.463 e. The lowest BCUT2D eigenvalue weighted by Gasteiger charge is -2.32. The first-order valence-electron chi connectivity index (χ1n) is 13.8. The first-order valence-corrected chi connectivity index (χ1v) is 15.6. The van der Waals surface area contributed by atoms with Gasteiger partial charge in [-0.15, -0.1) is 11.3 Å². The molecule has 2 aromatic carbocycles. The van der Waals surface area contributed by atoms with E-state index in [-0.39, 0.29) is 23.3 Å². The van der Waals surface area contributed by atoms with Crippen LogP contribution in [0.15, 0.2) is 94.8 Å². The van der Waals surface area contributed by atoms with E-state index in [1.807, 2.05) is 72.8 Å². The molecule has 5 heterocycles. The Morgan fingerprint density at radius 3 is 2.43 bits per heavy atom. The SMILES string of the molecule is CC1(C)Cc2c(c(-c3ccco3)nc3sc4c(SCC(=O)NC(c5ccccc5)c5ccccc5)ncnc4c23)CO1. The largest absolute Gasteiger partial charge is 0.463 e. The molecular formula is C33H28N4O3S2. The summed E-state index contributed by atoms with van der Waals surface area (Å²) < 4.78 is 12.9. The first kappa shape index (κ1) is 26.8. The van der Waals surface area contributed by atoms with Gasteiger partial charge >= 0.3 is 0 Å². The Hall–Kier alpha value is -4.05. The van der Waals surface area contributed by atoms with Crippen molar-refractivity contribution in [2.24, 2.45) is 0 Å². The average Bonchev–Trinajstić information content (AvgIpc) is 3.67. The van der Waals surface area contributed by atoms with E-state index < -0.39 is 0 Å². The topological polar surface area (TPSA) is 90.1 Å². The summed E-state index contributed by atoms with van der Waals surface area (Å²) >= 11 is 2.98. The van der Waals surface area contributed by atoms with E-state index in [0.717, 1.165) is 60.0 Å². The number of nitrogens with zero attached hydrogens (tertiary/aromatic N) is 3. The van der Waals surface area contributed by atoms with Gasteiger partial charge in [0.05, 0.1) is 40.5 Å². The smallest absolute Gasteiger partial charge is 0.231 e. The van der Waals surface area contributed by atoms with E-state index in [1.165, 1.54) is 17.3 Å². The Kier molecular flexibility index (Phi) is 7.01. The standard InChI is InChI=1S/C33H28N4O3S2/c1-33(2)16-22-23(17-40-33)28(24-14-9-15-39-24)37-31-26(22)29-30(42-31)32(35-19-34-29)41-18-25(38)36-27(20-10-5-3-6-11-20)21-12-7-4-8-13-21/h3-15,19,27H,16-18H2,1-2H3,(H,36,38). The highest BCUT2D eigenvalue weighted by molar-refractivity contribution is 8.00. The first-order chi connectivity index (χ1) is 20.5. The number of nitrogens with one attached hydrogen (secondary N) is 1. The Morgan fingerprint density at radius 2 is 1.74 bits per heavy atom. The highest BCUT2D eigenvalue weighted by atomic mass is 32.2. The molecule has 0 saturated carbocycles. The summed E-state index contributed by atoms with van der Waals surface area (Å²) in [6, 6.07) is 23.6. The summed E-state index contributed by atoms with van der Waals surface area (Å²) in [5.74, 6) is 0.873. The Morgan fingerprint density at radius 1 is 1.00 bits per heavy atom. The van der Waals surface area contributed by atoms with Crippen molar-refractivity contribution in [1.82, 2.24) is 20.3 Å². The van der Waals surface area contributed by atoms with E-state index in [1.54, 1.807) is 23.9 Å². The Balaban J connectivity index is 1.22. The summed E-state index contributed by atoms with van der Waals surface area (Å²) in [5, 5.41) is 5.04. The molecule has 1 N–H and O–H groups in total. The van der Waals surface area contributed by atoms with Crippen LogP contribution < -0.4 is 5.32 Å². The van der Waals surface area contributed by atoms with Gasteiger partial charge in [0.2, 0.25) is 5.91 Å². The van der Waals surface area contributed by atoms with E-state index in [2.05, 4.69) is 24.1 Å². The third-order valence-corrected chi connectivity index (χ3v) is 9.66. The van der Waals surface area contributed by atoms with E-state index in [0.29, 0.717) is 6.61 Å². The molecule has 1 aliphatic heterocycles. The van der Waals surface area contributed by atoms with Crippen LogP contribution in [0.4, 0.5) is 0 Å². The molecule has 9 heteroatoms. The van der Waals surface area contributed by atoms with Crippen molar-refractivity contribution in [2.75, 3.05) is 5.75 Å². The molecule has 210 valence electrons. The maximum Gasteiger partial charge on any atom is 0.231 e. The molecule has 1 amide bonds. The second-order valence-corrected chi connectivity index (χ2v) is 12.8. The van der Waals surface area contributed by atoms with Gasteiger partial charge in [-0.1, -0.05) is 72.4 Å². The van der Waals surface area contributed by atoms with Crippen molar-refractivity contribution in [2.45, 2.75) is 43.5 Å². The minimum absolute atomic E-state index is 0.0694. The summed E-state index contributed by atoms with van der Waals surface area (Å²) in [6.45, 7) is 4.67. The predicted molar refractivity (Wildman–Crippen MR) is 167 cm³/mol. The molecule has 7 rings (SSSR count). The van der Waals surface area contributed by atoms with Crippen LogP contribution in [0.25, 0.3) is 31.9 Å². The number of thioether (sulfide) groups is 1. The molecular weight excluding hydrogens is 565 g/mol. The number of aromatic nitrogens is 3. The molecule has 0 bridgehead atoms. The number of rotatable bonds is 7. The van der Waals surface area contributed by atoms with Crippen molar-refractivity contribution in [1.29, 1.82) is 0 Å². The zero-order valence-electron chi connectivity index (χ0n) is 23.2. The number of pyridine rings is 1. The molecule has 0 unspecified atom stereocenters. The third kappa shape index (κ3) is 5.08. The fourth-order valence-electron chi connectivity index (χ4n) is 5.49. The Bertz CT molecular complexity index is 1850. The maximum atomic E-state index is 13.3. The van der Waals surface area contributed by atoms with Gasteiger partial charge in [0.15, 0.2) is 5.76 Å². The third-order valence-electron chi connectivity index (χ3n) is 7.46. The molecule has 7 nitrogen and oxygen atoms in total. The highest BCUT2D eigenvalue weighted by Crippen LogP contribution is 2.44. The van der Waals surface area contributed by atoms with Crippen molar-refractivity contribution in [3.63, 3.8) is 0 Å². The van der Waals surface area contributed by atoms with Gasteiger partial charge in [-0.05, 0) is 42.7 Å². The van der Waals surface area contributed by atoms with Gasteiger partial charge in [-0.2, -0.15) is 0 Å². The van der Waals surface area contributed by atoms with E-state index in [4.69, 9.17) is 19.1 Å². The van der Waals surface area contributed by atoms with Gasteiger partial charge in [-0.3, -0.25) is 4.79 Å². The van der Waals surface area contributed by atoms with Gasteiger partial charge in [0.1, 0.15) is 21.9 Å². The fourth-order valence-corrected chi connectivity index (χ4v) is 7.54. The zero-order valence-corrected chi connectivity index (χ0v) is 24.8. The monoisotopic (exact) mass is 592 g/mol. The quantitative estimate of drug-likeness (QED) is 0.153. The number of thiophene rings is 1. The zero-order chi connectivity index (χ0) is 28.7. The van der Waals surface area contributed by atoms with E-state index >= 15 is 0 Å². The number of fused-ring (bicyclic) bond motifs is 5. The number of furan rings is 1. The van der Waals surface area contributed by atoms with Gasteiger partial charge in [0.25, 0.3) is 0 Å². The van der Waals surface area contributed by atoms with E-state index in [9.17, 15) is 4.79 Å². The van der Waals surface area contributed by atoms with Gasteiger partial charge in [-0.25, -0.2) is 15.0 Å². The summed E-state index contributed by atoms with van der Waals surface area (Å²) in [6.07, 6.45) is 3.98. The minimum atomic E-state index is -0.313. The number of carbonyl (C=O) groups excluding carboxylic acids is 1. The number of carbonyl (C=O) groups is 1.